The summed E-state index contributed by atoms with van der Waals surface area (Å²) in [5.74, 6) is -0.199. The quantitative estimate of drug-likeness (QED) is 0.868. The Morgan fingerprint density at radius 2 is 2.17 bits per heavy atom. The normalized spacial score (nSPS) is 17.0. The molecule has 0 fully saturated rings. The highest BCUT2D eigenvalue weighted by molar-refractivity contribution is 5.79. The van der Waals surface area contributed by atoms with E-state index in [9.17, 15) is 9.18 Å². The van der Waals surface area contributed by atoms with Crippen molar-refractivity contribution < 1.29 is 13.9 Å². The minimum Gasteiger partial charge on any atom is -0.494 e. The zero-order valence-corrected chi connectivity index (χ0v) is 13.5. The van der Waals surface area contributed by atoms with Crippen LogP contribution in [0.5, 0.6) is 5.75 Å². The molecule has 122 valence electrons. The second-order valence-corrected chi connectivity index (χ2v) is 5.78. The lowest BCUT2D eigenvalue weighted by Gasteiger charge is -2.36. The number of amides is 1. The van der Waals surface area contributed by atoms with Crippen LogP contribution in [-0.4, -0.2) is 29.0 Å². The molecule has 0 spiro atoms. The van der Waals surface area contributed by atoms with Gasteiger partial charge in [0, 0.05) is 25.0 Å². The van der Waals surface area contributed by atoms with E-state index in [1.807, 2.05) is 11.0 Å². The summed E-state index contributed by atoms with van der Waals surface area (Å²) in [4.78, 5) is 14.6. The van der Waals surface area contributed by atoms with Crippen molar-refractivity contribution >= 4 is 5.91 Å². The van der Waals surface area contributed by atoms with Gasteiger partial charge in [-0.2, -0.15) is 0 Å². The minimum atomic E-state index is -0.433. The van der Waals surface area contributed by atoms with Gasteiger partial charge in [0.2, 0.25) is 5.91 Å². The summed E-state index contributed by atoms with van der Waals surface area (Å²) in [5, 5.41) is 0. The van der Waals surface area contributed by atoms with Crippen molar-refractivity contribution in [3.63, 3.8) is 0 Å². The van der Waals surface area contributed by atoms with Gasteiger partial charge in [-0.25, -0.2) is 4.39 Å². The number of hydrogen-bond acceptors (Lipinski definition) is 2. The van der Waals surface area contributed by atoms with Gasteiger partial charge >= 0.3 is 0 Å². The lowest BCUT2D eigenvalue weighted by atomic mass is 10.0. The fourth-order valence-electron chi connectivity index (χ4n) is 3.29. The smallest absolute Gasteiger partial charge is 0.227 e. The molecule has 0 N–H and O–H groups in total. The summed E-state index contributed by atoms with van der Waals surface area (Å²) in [6, 6.07) is 8.87. The molecular formula is C18H21FN2O2. The third-order valence-corrected chi connectivity index (χ3v) is 4.44. The summed E-state index contributed by atoms with van der Waals surface area (Å²) >= 11 is 0. The number of carbonyl (C=O) groups excluding carboxylic acids is 1. The van der Waals surface area contributed by atoms with E-state index in [0.29, 0.717) is 12.1 Å². The van der Waals surface area contributed by atoms with E-state index in [2.05, 4.69) is 23.8 Å². The second kappa shape index (κ2) is 6.44. The van der Waals surface area contributed by atoms with Crippen LogP contribution in [0, 0.1) is 5.82 Å². The maximum atomic E-state index is 13.8. The predicted octanol–water partition coefficient (Wildman–Crippen LogP) is 3.17. The number of hydrogen-bond donors (Lipinski definition) is 0. The SMILES string of the molecule is CCC1c2cccn2CCN1C(=O)Cc1ccc(OC)c(F)c1. The van der Waals surface area contributed by atoms with Crippen LogP contribution in [0.1, 0.15) is 30.6 Å². The molecule has 0 aliphatic carbocycles. The highest BCUT2D eigenvalue weighted by Crippen LogP contribution is 2.29. The summed E-state index contributed by atoms with van der Waals surface area (Å²) in [6.07, 6.45) is 3.13. The lowest BCUT2D eigenvalue weighted by Crippen LogP contribution is -2.42. The second-order valence-electron chi connectivity index (χ2n) is 5.78. The van der Waals surface area contributed by atoms with E-state index in [4.69, 9.17) is 4.74 Å². The number of nitrogens with zero attached hydrogens (tertiary/aromatic N) is 2. The van der Waals surface area contributed by atoms with E-state index in [0.717, 1.165) is 13.0 Å². The van der Waals surface area contributed by atoms with E-state index in [-0.39, 0.29) is 24.1 Å². The van der Waals surface area contributed by atoms with E-state index in [1.165, 1.54) is 18.9 Å². The standard InChI is InChI=1S/C18H21FN2O2/c1-3-15-16-5-4-8-20(16)9-10-21(15)18(22)12-13-6-7-17(23-2)14(19)11-13/h4-8,11,15H,3,9-10,12H2,1-2H3. The third-order valence-electron chi connectivity index (χ3n) is 4.44. The molecule has 0 bridgehead atoms. The van der Waals surface area contributed by atoms with E-state index < -0.39 is 5.82 Å². The molecule has 1 aliphatic heterocycles. The molecule has 1 amide bonds. The maximum absolute atomic E-state index is 13.8. The lowest BCUT2D eigenvalue weighted by molar-refractivity contribution is -0.134. The van der Waals surface area contributed by atoms with Gasteiger partial charge in [-0.1, -0.05) is 13.0 Å². The first-order valence-corrected chi connectivity index (χ1v) is 7.91. The molecule has 0 radical (unpaired) electrons. The molecule has 3 rings (SSSR count). The number of carbonyl (C=O) groups is 1. The zero-order chi connectivity index (χ0) is 16.4. The molecule has 1 aliphatic rings. The van der Waals surface area contributed by atoms with Gasteiger partial charge in [-0.15, -0.1) is 0 Å². The van der Waals surface area contributed by atoms with Crippen molar-refractivity contribution in [3.8, 4) is 5.75 Å². The topological polar surface area (TPSA) is 34.5 Å². The average Bonchev–Trinajstić information content (AvgIpc) is 3.02. The number of fused-ring (bicyclic) bond motifs is 1. The Morgan fingerprint density at radius 1 is 1.35 bits per heavy atom. The Hall–Kier alpha value is -2.30. The maximum Gasteiger partial charge on any atom is 0.227 e. The Balaban J connectivity index is 1.77. The first-order valence-electron chi connectivity index (χ1n) is 7.91. The highest BCUT2D eigenvalue weighted by atomic mass is 19.1. The number of aromatic nitrogens is 1. The number of halogens is 1. The molecule has 0 saturated carbocycles. The van der Waals surface area contributed by atoms with Crippen LogP contribution in [0.4, 0.5) is 4.39 Å². The van der Waals surface area contributed by atoms with Crippen molar-refractivity contribution in [1.82, 2.24) is 9.47 Å². The van der Waals surface area contributed by atoms with Crippen LogP contribution in [0.2, 0.25) is 0 Å². The van der Waals surface area contributed by atoms with Crippen molar-refractivity contribution in [2.75, 3.05) is 13.7 Å². The van der Waals surface area contributed by atoms with Gasteiger partial charge in [0.25, 0.3) is 0 Å². The first-order chi connectivity index (χ1) is 11.1. The third kappa shape index (κ3) is 2.96. The number of methoxy groups -OCH3 is 1. The molecular weight excluding hydrogens is 295 g/mol. The molecule has 2 aromatic rings. The fraction of sp³-hybridized carbons (Fsp3) is 0.389. The molecule has 1 aromatic heterocycles. The van der Waals surface area contributed by atoms with Gasteiger partial charge in [-0.3, -0.25) is 4.79 Å². The molecule has 0 saturated heterocycles. The Bertz CT molecular complexity index is 711. The molecule has 2 heterocycles. The summed E-state index contributed by atoms with van der Waals surface area (Å²) in [6.45, 7) is 3.58. The van der Waals surface area contributed by atoms with Gasteiger partial charge in [0.1, 0.15) is 0 Å². The van der Waals surface area contributed by atoms with Crippen LogP contribution in [0.15, 0.2) is 36.5 Å². The van der Waals surface area contributed by atoms with Crippen LogP contribution in [0.3, 0.4) is 0 Å². The molecule has 1 atom stereocenters. The van der Waals surface area contributed by atoms with Crippen molar-refractivity contribution in [3.05, 3.63) is 53.6 Å². The number of rotatable bonds is 4. The van der Waals surface area contributed by atoms with Gasteiger partial charge in [0.15, 0.2) is 11.6 Å². The molecule has 4 nitrogen and oxygen atoms in total. The highest BCUT2D eigenvalue weighted by Gasteiger charge is 2.29. The minimum absolute atomic E-state index is 0.0360. The van der Waals surface area contributed by atoms with Crippen molar-refractivity contribution in [2.24, 2.45) is 0 Å². The Labute approximate surface area is 135 Å². The number of ether oxygens (including phenoxy) is 1. The fourth-order valence-corrected chi connectivity index (χ4v) is 3.29. The molecule has 5 heteroatoms. The number of benzene rings is 1. The summed E-state index contributed by atoms with van der Waals surface area (Å²) in [7, 11) is 1.43. The van der Waals surface area contributed by atoms with Gasteiger partial charge in [0.05, 0.1) is 19.6 Å². The largest absolute Gasteiger partial charge is 0.494 e. The summed E-state index contributed by atoms with van der Waals surface area (Å²) < 4.78 is 20.9. The first kappa shape index (κ1) is 15.6. The van der Waals surface area contributed by atoms with E-state index in [1.54, 1.807) is 12.1 Å². The molecule has 1 unspecified atom stereocenters. The zero-order valence-electron chi connectivity index (χ0n) is 13.5. The average molecular weight is 316 g/mol. The van der Waals surface area contributed by atoms with Crippen molar-refractivity contribution in [2.45, 2.75) is 32.4 Å². The van der Waals surface area contributed by atoms with Gasteiger partial charge < -0.3 is 14.2 Å². The Kier molecular flexibility index (Phi) is 4.37. The van der Waals surface area contributed by atoms with Crippen molar-refractivity contribution in [1.29, 1.82) is 0 Å². The summed E-state index contributed by atoms with van der Waals surface area (Å²) in [5.41, 5.74) is 1.84. The van der Waals surface area contributed by atoms with Crippen LogP contribution in [-0.2, 0) is 17.8 Å². The van der Waals surface area contributed by atoms with Crippen LogP contribution < -0.4 is 4.74 Å². The predicted molar refractivity (Wildman–Crippen MR) is 85.8 cm³/mol. The van der Waals surface area contributed by atoms with Crippen LogP contribution >= 0.6 is 0 Å². The van der Waals surface area contributed by atoms with Crippen LogP contribution in [0.25, 0.3) is 0 Å². The monoisotopic (exact) mass is 316 g/mol. The molecule has 23 heavy (non-hydrogen) atoms. The van der Waals surface area contributed by atoms with Gasteiger partial charge in [-0.05, 0) is 36.2 Å². The Morgan fingerprint density at radius 3 is 2.87 bits per heavy atom. The molecule has 1 aromatic carbocycles. The van der Waals surface area contributed by atoms with E-state index >= 15 is 0 Å².